The monoisotopic (exact) mass is 1090 g/mol. The van der Waals surface area contributed by atoms with Crippen molar-refractivity contribution in [3.05, 3.63) is 173 Å². The molecule has 14 nitrogen and oxygen atoms in total. The van der Waals surface area contributed by atoms with Gasteiger partial charge in [0.15, 0.2) is 6.29 Å². The van der Waals surface area contributed by atoms with E-state index in [4.69, 9.17) is 52.1 Å². The number of aliphatic hydroxyl groups is 1. The van der Waals surface area contributed by atoms with Crippen LogP contribution < -0.4 is 4.74 Å². The first kappa shape index (κ1) is 59.6. The highest BCUT2D eigenvalue weighted by Crippen LogP contribution is 2.46. The third-order valence-electron chi connectivity index (χ3n) is 16.0. The van der Waals surface area contributed by atoms with Gasteiger partial charge in [-0.25, -0.2) is 4.79 Å². The molecule has 2 aliphatic heterocycles. The number of ether oxygens (including phenoxy) is 11. The quantitative estimate of drug-likeness (QED) is 0.0551. The molecule has 5 unspecified atom stereocenters. The fourth-order valence-corrected chi connectivity index (χ4v) is 11.5. The molecular weight excluding hydrogens is 1000 g/mol. The van der Waals surface area contributed by atoms with E-state index in [9.17, 15) is 14.7 Å². The van der Waals surface area contributed by atoms with Crippen molar-refractivity contribution < 1.29 is 66.8 Å². The average Bonchev–Trinajstić information content (AvgIpc) is 3.55. The Hall–Kier alpha value is -5.52. The molecule has 0 amide bonds. The maximum Gasteiger partial charge on any atom is 0.366 e. The summed E-state index contributed by atoms with van der Waals surface area (Å²) in [6, 6.07) is 47.5. The molecule has 16 atom stereocenters. The van der Waals surface area contributed by atoms with E-state index in [1.54, 1.807) is 0 Å². The Morgan fingerprint density at radius 1 is 0.684 bits per heavy atom. The minimum Gasteiger partial charge on any atom is -0.488 e. The first-order chi connectivity index (χ1) is 38.2. The van der Waals surface area contributed by atoms with E-state index in [1.165, 1.54) is 14.0 Å². The zero-order valence-corrected chi connectivity index (χ0v) is 47.1. The summed E-state index contributed by atoms with van der Waals surface area (Å²) in [6.45, 7) is 14.7. The Labute approximate surface area is 467 Å². The van der Waals surface area contributed by atoms with Gasteiger partial charge in [-0.2, -0.15) is 0 Å². The number of carbonyl (C=O) groups excluding carboxylic acids is 2. The third kappa shape index (κ3) is 15.7. The molecule has 2 saturated heterocycles. The second-order valence-electron chi connectivity index (χ2n) is 21.8. The van der Waals surface area contributed by atoms with Gasteiger partial charge < -0.3 is 57.2 Å². The number of esters is 2. The van der Waals surface area contributed by atoms with Gasteiger partial charge in [0.2, 0.25) is 0 Å². The molecule has 14 heteroatoms. The molecule has 0 aromatic heterocycles. The predicted molar refractivity (Wildman–Crippen MR) is 297 cm³/mol. The fraction of sp³-hybridized carbons (Fsp3) is 0.508. The first-order valence-corrected chi connectivity index (χ1v) is 28.1. The van der Waals surface area contributed by atoms with Crippen molar-refractivity contribution in [2.45, 2.75) is 161 Å². The topological polar surface area (TPSA) is 156 Å². The minimum absolute atomic E-state index is 0.0648. The van der Waals surface area contributed by atoms with Crippen molar-refractivity contribution in [2.24, 2.45) is 29.6 Å². The van der Waals surface area contributed by atoms with Crippen LogP contribution in [-0.2, 0) is 83.4 Å². The van der Waals surface area contributed by atoms with Crippen LogP contribution in [0.1, 0.15) is 88.6 Å². The average molecular weight is 1090 g/mol. The molecule has 0 bridgehead atoms. The summed E-state index contributed by atoms with van der Waals surface area (Å²) in [7, 11) is 1.29. The number of rotatable bonds is 25. The lowest BCUT2D eigenvalue weighted by Gasteiger charge is -2.52. The molecule has 0 radical (unpaired) electrons. The van der Waals surface area contributed by atoms with E-state index in [0.717, 1.165) is 33.6 Å². The van der Waals surface area contributed by atoms with Gasteiger partial charge in [-0.05, 0) is 66.0 Å². The molecule has 8 rings (SSSR count). The zero-order valence-electron chi connectivity index (χ0n) is 47.1. The number of hydrogen-bond donors (Lipinski definition) is 1. The van der Waals surface area contributed by atoms with Crippen LogP contribution in [0.3, 0.4) is 0 Å². The summed E-state index contributed by atoms with van der Waals surface area (Å²) < 4.78 is 74.0. The lowest BCUT2D eigenvalue weighted by atomic mass is 9.75. The van der Waals surface area contributed by atoms with E-state index in [2.05, 4.69) is 13.8 Å². The summed E-state index contributed by atoms with van der Waals surface area (Å²) in [4.78, 5) is 27.1. The van der Waals surface area contributed by atoms with Crippen LogP contribution in [0.2, 0.25) is 0 Å². The smallest absolute Gasteiger partial charge is 0.366 e. The highest BCUT2D eigenvalue weighted by atomic mass is 16.8. The summed E-state index contributed by atoms with van der Waals surface area (Å²) in [5.41, 5.74) is 4.92. The Morgan fingerprint density at radius 2 is 1.22 bits per heavy atom. The molecule has 3 fully saturated rings. The number of aryl methyl sites for hydroxylation is 1. The summed E-state index contributed by atoms with van der Waals surface area (Å²) in [6.07, 6.45) is -7.93. The van der Waals surface area contributed by atoms with Crippen molar-refractivity contribution in [3.8, 4) is 5.75 Å². The van der Waals surface area contributed by atoms with E-state index < -0.39 is 79.0 Å². The summed E-state index contributed by atoms with van der Waals surface area (Å²) in [5.74, 6) is -3.83. The van der Waals surface area contributed by atoms with Gasteiger partial charge in [0.05, 0.1) is 65.1 Å². The maximum atomic E-state index is 14.7. The van der Waals surface area contributed by atoms with Gasteiger partial charge in [0.1, 0.15) is 42.4 Å². The summed E-state index contributed by atoms with van der Waals surface area (Å²) >= 11 is 0. The van der Waals surface area contributed by atoms with Gasteiger partial charge in [-0.15, -0.1) is 0 Å². The molecule has 1 N–H and O–H groups in total. The molecule has 426 valence electrons. The highest BCUT2D eigenvalue weighted by Gasteiger charge is 2.59. The van der Waals surface area contributed by atoms with E-state index in [1.807, 2.05) is 173 Å². The highest BCUT2D eigenvalue weighted by molar-refractivity contribution is 5.78. The van der Waals surface area contributed by atoms with Crippen LogP contribution in [-0.4, -0.2) is 104 Å². The molecule has 5 aromatic rings. The molecule has 1 saturated carbocycles. The zero-order chi connectivity index (χ0) is 55.9. The number of aliphatic hydroxyl groups excluding tert-OH is 1. The van der Waals surface area contributed by atoms with Gasteiger partial charge >= 0.3 is 11.9 Å². The standard InChI is InChI=1S/C65H82O14/c1-9-54(74-47(7)66)45(5)58-44(4)43(3)35-65(78-58,64(68)69-8)79-61-57(67)56(41-71-37-49-24-16-11-17-25-49)76-63(62(61)73-39-51-28-20-13-21-29-51)77-59-46(6)60(72-38-50-26-18-12-19-27-50)55(75-53-32-30-42(2)31-33-53)34-52(59)40-70-36-48-22-14-10-15-23-48/h10-33,43-46,52,54-63,67H,9,34-41H2,1-8H3/t43?,44-,45-,46?,52+,54-,55-,56?,57+,58-,59+,60?,61+,62?,63+,65+/m1/s1. The normalized spacial score (nSPS) is 29.7. The Morgan fingerprint density at radius 3 is 1.75 bits per heavy atom. The van der Waals surface area contributed by atoms with E-state index >= 15 is 0 Å². The van der Waals surface area contributed by atoms with Crippen LogP contribution in [0.25, 0.3) is 0 Å². The van der Waals surface area contributed by atoms with Gasteiger partial charge in [-0.1, -0.05) is 174 Å². The number of methoxy groups -OCH3 is 1. The number of carbonyl (C=O) groups is 2. The Kier molecular flexibility index (Phi) is 21.7. The Balaban J connectivity index is 1.20. The van der Waals surface area contributed by atoms with Gasteiger partial charge in [-0.3, -0.25) is 4.79 Å². The SMILES string of the molecule is CC[C@@H](OC(C)=O)[C@@H](C)[C@@H]1O[C@@](O[C@@H]2C(OCc3ccccc3)[C@H](O[C@H]3C(C)C(OCc4ccccc4)[C@H](Oc4ccc(C)cc4)C[C@H]3COCc3ccccc3)OC(COCc3ccccc3)[C@@H]2O)(C(=O)OC)CC(C)[C@H]1C. The van der Waals surface area contributed by atoms with E-state index in [0.29, 0.717) is 32.7 Å². The van der Waals surface area contributed by atoms with Crippen molar-refractivity contribution in [2.75, 3.05) is 20.3 Å². The molecule has 3 aliphatic rings. The van der Waals surface area contributed by atoms with Crippen molar-refractivity contribution in [1.82, 2.24) is 0 Å². The van der Waals surface area contributed by atoms with Gasteiger partial charge in [0.25, 0.3) is 5.79 Å². The predicted octanol–water partition coefficient (Wildman–Crippen LogP) is 10.8. The molecule has 2 heterocycles. The van der Waals surface area contributed by atoms with Crippen LogP contribution in [0.5, 0.6) is 5.75 Å². The van der Waals surface area contributed by atoms with Crippen molar-refractivity contribution >= 4 is 11.9 Å². The number of hydrogen-bond acceptors (Lipinski definition) is 14. The Bertz CT molecular complexity index is 2590. The third-order valence-corrected chi connectivity index (χ3v) is 16.0. The minimum atomic E-state index is -2.06. The van der Waals surface area contributed by atoms with Crippen molar-refractivity contribution in [3.63, 3.8) is 0 Å². The fourth-order valence-electron chi connectivity index (χ4n) is 11.5. The molecule has 79 heavy (non-hydrogen) atoms. The van der Waals surface area contributed by atoms with Crippen LogP contribution >= 0.6 is 0 Å². The largest absolute Gasteiger partial charge is 0.488 e. The second-order valence-corrected chi connectivity index (χ2v) is 21.8. The second kappa shape index (κ2) is 28.8. The van der Waals surface area contributed by atoms with E-state index in [-0.39, 0.29) is 55.8 Å². The lowest BCUT2D eigenvalue weighted by molar-refractivity contribution is -0.382. The number of benzene rings is 5. The molecular formula is C65H82O14. The van der Waals surface area contributed by atoms with Gasteiger partial charge in [0, 0.05) is 31.1 Å². The maximum absolute atomic E-state index is 14.7. The van der Waals surface area contributed by atoms with Crippen LogP contribution in [0.15, 0.2) is 146 Å². The summed E-state index contributed by atoms with van der Waals surface area (Å²) in [5, 5.41) is 12.9. The molecule has 0 spiro atoms. The first-order valence-electron chi connectivity index (χ1n) is 28.1. The van der Waals surface area contributed by atoms with Crippen molar-refractivity contribution in [1.29, 1.82) is 0 Å². The van der Waals surface area contributed by atoms with Crippen LogP contribution in [0, 0.1) is 36.5 Å². The lowest BCUT2D eigenvalue weighted by Crippen LogP contribution is -2.67. The van der Waals surface area contributed by atoms with Crippen LogP contribution in [0.4, 0.5) is 0 Å². The molecule has 1 aliphatic carbocycles. The molecule has 5 aromatic carbocycles.